The third-order valence-electron chi connectivity index (χ3n) is 3.47. The normalized spacial score (nSPS) is 19.6. The Morgan fingerprint density at radius 3 is 3.05 bits per heavy atom. The zero-order valence-electron chi connectivity index (χ0n) is 12.0. The van der Waals surface area contributed by atoms with Crippen LogP contribution in [0.25, 0.3) is 0 Å². The highest BCUT2D eigenvalue weighted by Gasteiger charge is 2.25. The number of hydrogen-bond donors (Lipinski definition) is 2. The highest BCUT2D eigenvalue weighted by atomic mass is 16.5. The number of rotatable bonds is 5. The highest BCUT2D eigenvalue weighted by Crippen LogP contribution is 2.25. The van der Waals surface area contributed by atoms with Gasteiger partial charge in [-0.15, -0.1) is 0 Å². The molecule has 1 fully saturated rings. The van der Waals surface area contributed by atoms with Crippen LogP contribution in [0.15, 0.2) is 18.2 Å². The third kappa shape index (κ3) is 3.22. The van der Waals surface area contributed by atoms with E-state index in [-0.39, 0.29) is 18.1 Å². The summed E-state index contributed by atoms with van der Waals surface area (Å²) in [5, 5.41) is 2.95. The molecular weight excluding hydrogens is 256 g/mol. The quantitative estimate of drug-likeness (QED) is 0.808. The Morgan fingerprint density at radius 1 is 1.60 bits per heavy atom. The van der Waals surface area contributed by atoms with Crippen LogP contribution in [0.4, 0.5) is 5.69 Å². The van der Waals surface area contributed by atoms with Crippen molar-refractivity contribution >= 4 is 11.6 Å². The number of amides is 1. The van der Waals surface area contributed by atoms with E-state index in [4.69, 9.17) is 15.2 Å². The van der Waals surface area contributed by atoms with Crippen LogP contribution in [0.5, 0.6) is 5.75 Å². The molecule has 110 valence electrons. The van der Waals surface area contributed by atoms with Gasteiger partial charge >= 0.3 is 0 Å². The van der Waals surface area contributed by atoms with Gasteiger partial charge in [-0.25, -0.2) is 0 Å². The van der Waals surface area contributed by atoms with Gasteiger partial charge in [-0.2, -0.15) is 0 Å². The number of nitrogens with one attached hydrogen (secondary N) is 1. The molecule has 0 saturated carbocycles. The Balaban J connectivity index is 2.11. The maximum absolute atomic E-state index is 12.4. The van der Waals surface area contributed by atoms with Gasteiger partial charge < -0.3 is 20.5 Å². The van der Waals surface area contributed by atoms with E-state index in [1.54, 1.807) is 18.2 Å². The molecule has 1 aromatic rings. The fourth-order valence-electron chi connectivity index (χ4n) is 2.44. The van der Waals surface area contributed by atoms with Gasteiger partial charge in [0.2, 0.25) is 0 Å². The Labute approximate surface area is 119 Å². The summed E-state index contributed by atoms with van der Waals surface area (Å²) in [6, 6.07) is 5.19. The summed E-state index contributed by atoms with van der Waals surface area (Å²) in [7, 11) is 0. The molecule has 0 bridgehead atoms. The van der Waals surface area contributed by atoms with E-state index in [1.807, 2.05) is 13.8 Å². The summed E-state index contributed by atoms with van der Waals surface area (Å²) in [6.07, 6.45) is 2.10. The van der Waals surface area contributed by atoms with Crippen molar-refractivity contribution < 1.29 is 14.3 Å². The molecule has 2 unspecified atom stereocenters. The van der Waals surface area contributed by atoms with Crippen molar-refractivity contribution in [2.24, 2.45) is 0 Å². The van der Waals surface area contributed by atoms with Crippen molar-refractivity contribution in [1.29, 1.82) is 0 Å². The molecule has 3 N–H and O–H groups in total. The van der Waals surface area contributed by atoms with Gasteiger partial charge in [0.1, 0.15) is 11.3 Å². The average molecular weight is 278 g/mol. The highest BCUT2D eigenvalue weighted by molar-refractivity contribution is 6.02. The lowest BCUT2D eigenvalue weighted by atomic mass is 10.1. The summed E-state index contributed by atoms with van der Waals surface area (Å²) in [5.74, 6) is 0.305. The molecule has 1 aliphatic rings. The monoisotopic (exact) mass is 278 g/mol. The third-order valence-corrected chi connectivity index (χ3v) is 3.47. The van der Waals surface area contributed by atoms with Crippen LogP contribution < -0.4 is 15.8 Å². The first-order chi connectivity index (χ1) is 9.63. The number of ether oxygens (including phenoxy) is 2. The van der Waals surface area contributed by atoms with Gasteiger partial charge in [0.15, 0.2) is 0 Å². The molecule has 0 aromatic heterocycles. The van der Waals surface area contributed by atoms with Gasteiger partial charge in [-0.05, 0) is 38.8 Å². The molecule has 0 aliphatic carbocycles. The van der Waals surface area contributed by atoms with Crippen molar-refractivity contribution in [2.45, 2.75) is 38.8 Å². The van der Waals surface area contributed by atoms with Crippen molar-refractivity contribution in [1.82, 2.24) is 5.32 Å². The van der Waals surface area contributed by atoms with E-state index in [2.05, 4.69) is 5.32 Å². The molecular formula is C15H22N2O3. The molecule has 0 spiro atoms. The van der Waals surface area contributed by atoms with E-state index < -0.39 is 0 Å². The maximum Gasteiger partial charge on any atom is 0.257 e. The van der Waals surface area contributed by atoms with Gasteiger partial charge in [0.25, 0.3) is 5.91 Å². The SMILES string of the molecule is CCOc1cccc(N)c1C(=O)NC(C)C1CCCO1. The number of anilines is 1. The maximum atomic E-state index is 12.4. The van der Waals surface area contributed by atoms with Gasteiger partial charge in [0.05, 0.1) is 18.8 Å². The first kappa shape index (κ1) is 14.7. The molecule has 0 radical (unpaired) electrons. The first-order valence-electron chi connectivity index (χ1n) is 7.07. The molecule has 1 aromatic carbocycles. The van der Waals surface area contributed by atoms with Gasteiger partial charge in [-0.3, -0.25) is 4.79 Å². The van der Waals surface area contributed by atoms with Gasteiger partial charge in [0, 0.05) is 12.3 Å². The van der Waals surface area contributed by atoms with Crippen LogP contribution in [0.3, 0.4) is 0 Å². The Morgan fingerprint density at radius 2 is 2.40 bits per heavy atom. The number of nitrogen functional groups attached to an aromatic ring is 1. The summed E-state index contributed by atoms with van der Waals surface area (Å²) in [4.78, 5) is 12.4. The molecule has 5 nitrogen and oxygen atoms in total. The minimum atomic E-state index is -0.213. The molecule has 2 rings (SSSR count). The lowest BCUT2D eigenvalue weighted by Gasteiger charge is -2.21. The van der Waals surface area contributed by atoms with Crippen molar-refractivity contribution in [3.63, 3.8) is 0 Å². The summed E-state index contributed by atoms with van der Waals surface area (Å²) in [6.45, 7) is 5.08. The fraction of sp³-hybridized carbons (Fsp3) is 0.533. The second-order valence-electron chi connectivity index (χ2n) is 4.97. The predicted octanol–water partition coefficient (Wildman–Crippen LogP) is 1.96. The average Bonchev–Trinajstić information content (AvgIpc) is 2.93. The minimum absolute atomic E-state index is 0.0425. The van der Waals surface area contributed by atoms with Crippen LogP contribution in [-0.4, -0.2) is 31.3 Å². The van der Waals surface area contributed by atoms with E-state index in [1.165, 1.54) is 0 Å². The summed E-state index contributed by atoms with van der Waals surface area (Å²) < 4.78 is 11.1. The largest absolute Gasteiger partial charge is 0.493 e. The van der Waals surface area contributed by atoms with Crippen LogP contribution in [0.1, 0.15) is 37.0 Å². The van der Waals surface area contributed by atoms with Crippen LogP contribution in [0, 0.1) is 0 Å². The van der Waals surface area contributed by atoms with E-state index in [9.17, 15) is 4.79 Å². The Bertz CT molecular complexity index is 470. The fourth-order valence-corrected chi connectivity index (χ4v) is 2.44. The number of hydrogen-bond acceptors (Lipinski definition) is 4. The van der Waals surface area contributed by atoms with Crippen molar-refractivity contribution in [2.75, 3.05) is 18.9 Å². The zero-order chi connectivity index (χ0) is 14.5. The molecule has 1 aliphatic heterocycles. The number of nitrogens with two attached hydrogens (primary N) is 1. The second kappa shape index (κ2) is 6.61. The summed E-state index contributed by atoms with van der Waals surface area (Å²) >= 11 is 0. The van der Waals surface area contributed by atoms with Crippen LogP contribution >= 0.6 is 0 Å². The Hall–Kier alpha value is -1.75. The smallest absolute Gasteiger partial charge is 0.257 e. The van der Waals surface area contributed by atoms with Crippen molar-refractivity contribution in [3.05, 3.63) is 23.8 Å². The van der Waals surface area contributed by atoms with Crippen molar-refractivity contribution in [3.8, 4) is 5.75 Å². The lowest BCUT2D eigenvalue weighted by molar-refractivity contribution is 0.0711. The van der Waals surface area contributed by atoms with E-state index >= 15 is 0 Å². The number of carbonyl (C=O) groups is 1. The molecule has 1 heterocycles. The molecule has 1 amide bonds. The molecule has 2 atom stereocenters. The van der Waals surface area contributed by atoms with Gasteiger partial charge in [-0.1, -0.05) is 6.07 Å². The molecule has 5 heteroatoms. The number of benzene rings is 1. The lowest BCUT2D eigenvalue weighted by Crippen LogP contribution is -2.41. The standard InChI is InChI=1S/C15H22N2O3/c1-3-19-13-7-4-6-11(16)14(13)15(18)17-10(2)12-8-5-9-20-12/h4,6-7,10,12H,3,5,8-9,16H2,1-2H3,(H,17,18). The summed E-state index contributed by atoms with van der Waals surface area (Å²) in [5.41, 5.74) is 6.74. The molecule has 1 saturated heterocycles. The van der Waals surface area contributed by atoms with E-state index in [0.717, 1.165) is 19.4 Å². The van der Waals surface area contributed by atoms with Crippen LogP contribution in [0.2, 0.25) is 0 Å². The molecule has 20 heavy (non-hydrogen) atoms. The topological polar surface area (TPSA) is 73.6 Å². The van der Waals surface area contributed by atoms with Crippen LogP contribution in [-0.2, 0) is 4.74 Å². The minimum Gasteiger partial charge on any atom is -0.493 e. The van der Waals surface area contributed by atoms with E-state index in [0.29, 0.717) is 23.6 Å². The Kier molecular flexibility index (Phi) is 4.84. The first-order valence-corrected chi connectivity index (χ1v) is 7.07. The number of carbonyl (C=O) groups excluding carboxylic acids is 1. The zero-order valence-corrected chi connectivity index (χ0v) is 12.0. The second-order valence-corrected chi connectivity index (χ2v) is 4.97. The predicted molar refractivity (Wildman–Crippen MR) is 77.9 cm³/mol.